The van der Waals surface area contributed by atoms with Crippen molar-refractivity contribution in [3.63, 3.8) is 0 Å². The van der Waals surface area contributed by atoms with Crippen LogP contribution in [-0.4, -0.2) is 5.78 Å². The average Bonchev–Trinajstić information content (AvgIpc) is 2.56. The Labute approximate surface area is 92.6 Å². The predicted octanol–water partition coefficient (Wildman–Crippen LogP) is 3.39. The van der Waals surface area contributed by atoms with Crippen LogP contribution >= 0.6 is 0 Å². The molecule has 0 aromatic heterocycles. The maximum absolute atomic E-state index is 12.0. The monoisotopic (exact) mass is 205 g/mol. The molecule has 0 spiro atoms. The molecule has 0 aromatic carbocycles. The molecule has 3 rings (SSSR count). The summed E-state index contributed by atoms with van der Waals surface area (Å²) in [6.07, 6.45) is 11.2. The molecule has 3 aliphatic carbocycles. The van der Waals surface area contributed by atoms with E-state index in [-0.39, 0.29) is 0 Å². The molecule has 15 heavy (non-hydrogen) atoms. The highest BCUT2D eigenvalue weighted by molar-refractivity contribution is 5.92. The zero-order valence-corrected chi connectivity index (χ0v) is 9.67. The van der Waals surface area contributed by atoms with Crippen molar-refractivity contribution in [2.45, 2.75) is 51.9 Å². The minimum Gasteiger partial charge on any atom is -0.243 e. The second-order valence-electron chi connectivity index (χ2n) is 6.19. The number of fused-ring (bicyclic) bond motifs is 3. The van der Waals surface area contributed by atoms with Gasteiger partial charge in [-0.1, -0.05) is 26.2 Å². The Morgan fingerprint density at radius 1 is 1.27 bits per heavy atom. The molecule has 1 heteroatoms. The van der Waals surface area contributed by atoms with Gasteiger partial charge in [-0.2, -0.15) is 0 Å². The van der Waals surface area contributed by atoms with Crippen molar-refractivity contribution < 1.29 is 4.79 Å². The van der Waals surface area contributed by atoms with Crippen molar-refractivity contribution in [2.75, 3.05) is 0 Å². The average molecular weight is 205 g/mol. The van der Waals surface area contributed by atoms with E-state index in [2.05, 4.69) is 6.92 Å². The lowest BCUT2D eigenvalue weighted by molar-refractivity contribution is -0.126. The minimum atomic E-state index is 0.343. The molecule has 3 aliphatic rings. The van der Waals surface area contributed by atoms with E-state index in [4.69, 9.17) is 0 Å². The van der Waals surface area contributed by atoms with Gasteiger partial charge in [-0.05, 0) is 31.1 Å². The Kier molecular flexibility index (Phi) is 2.12. The summed E-state index contributed by atoms with van der Waals surface area (Å²) < 4.78 is 0. The van der Waals surface area contributed by atoms with Crippen LogP contribution in [0.1, 0.15) is 51.9 Å². The van der Waals surface area contributed by atoms with Crippen LogP contribution in [0.2, 0.25) is 0 Å². The lowest BCUT2D eigenvalue weighted by Crippen LogP contribution is -2.42. The highest BCUT2D eigenvalue weighted by Gasteiger charge is 2.58. The van der Waals surface area contributed by atoms with Gasteiger partial charge in [0, 0.05) is 5.41 Å². The first-order chi connectivity index (χ1) is 7.21. The molecule has 0 amide bonds. The van der Waals surface area contributed by atoms with Crippen molar-refractivity contribution in [1.82, 2.24) is 0 Å². The summed E-state index contributed by atoms with van der Waals surface area (Å²) in [6.45, 7) is 2.35. The topological polar surface area (TPSA) is 17.1 Å². The van der Waals surface area contributed by atoms with Crippen LogP contribution in [0.25, 0.3) is 0 Å². The molecule has 3 saturated carbocycles. The number of carbonyl (C=O) groups is 1. The summed E-state index contributed by atoms with van der Waals surface area (Å²) >= 11 is 0. The molecular formula is C14H21O+. The quantitative estimate of drug-likeness (QED) is 0.554. The van der Waals surface area contributed by atoms with Crippen LogP contribution < -0.4 is 0 Å². The van der Waals surface area contributed by atoms with E-state index < -0.39 is 0 Å². The van der Waals surface area contributed by atoms with Gasteiger partial charge >= 0.3 is 5.78 Å². The summed E-state index contributed by atoms with van der Waals surface area (Å²) in [5, 5.41) is 0. The summed E-state index contributed by atoms with van der Waals surface area (Å²) in [6, 6.07) is 0. The molecule has 3 fully saturated rings. The van der Waals surface area contributed by atoms with E-state index in [9.17, 15) is 4.79 Å². The van der Waals surface area contributed by atoms with Gasteiger partial charge in [0.1, 0.15) is 12.8 Å². The second kappa shape index (κ2) is 3.26. The van der Waals surface area contributed by atoms with Gasteiger partial charge in [0.2, 0.25) is 0 Å². The third kappa shape index (κ3) is 1.35. The van der Waals surface area contributed by atoms with Gasteiger partial charge in [-0.15, -0.1) is 0 Å². The highest BCUT2D eigenvalue weighted by Crippen LogP contribution is 2.57. The minimum absolute atomic E-state index is 0.343. The standard InChI is InChI=1S/C14H21O/c1-14-8-6-10-4-2-3-5-11(10)13(14)12(15)7-9-14/h7,10-11,13H,2-6,8-9H2,1H3/q+1/t10-,11+,13-,14+/m0/s1. The molecule has 4 atom stereocenters. The highest BCUT2D eigenvalue weighted by atomic mass is 16.1. The fourth-order valence-corrected chi connectivity index (χ4v) is 4.47. The van der Waals surface area contributed by atoms with Crippen LogP contribution in [0.15, 0.2) is 0 Å². The van der Waals surface area contributed by atoms with Crippen molar-refractivity contribution in [3.05, 3.63) is 6.42 Å². The molecule has 1 nitrogen and oxygen atoms in total. The molecule has 0 saturated heterocycles. The van der Waals surface area contributed by atoms with Crippen molar-refractivity contribution >= 4 is 5.78 Å². The van der Waals surface area contributed by atoms with Crippen molar-refractivity contribution in [3.8, 4) is 0 Å². The predicted molar refractivity (Wildman–Crippen MR) is 60.2 cm³/mol. The third-order valence-electron chi connectivity index (χ3n) is 5.31. The fourth-order valence-electron chi connectivity index (χ4n) is 4.47. The van der Waals surface area contributed by atoms with E-state index in [1.54, 1.807) is 0 Å². The van der Waals surface area contributed by atoms with Gasteiger partial charge in [0.25, 0.3) is 0 Å². The maximum Gasteiger partial charge on any atom is 0.310 e. The number of hydrogen-bond acceptors (Lipinski definition) is 1. The van der Waals surface area contributed by atoms with E-state index in [1.165, 1.54) is 38.5 Å². The third-order valence-corrected chi connectivity index (χ3v) is 5.31. The van der Waals surface area contributed by atoms with Crippen LogP contribution in [-0.2, 0) is 4.79 Å². The van der Waals surface area contributed by atoms with Crippen LogP contribution in [0, 0.1) is 29.6 Å². The molecule has 0 aromatic rings. The van der Waals surface area contributed by atoms with Gasteiger partial charge in [-0.3, -0.25) is 0 Å². The van der Waals surface area contributed by atoms with Crippen LogP contribution in [0.4, 0.5) is 0 Å². The zero-order chi connectivity index (χ0) is 10.5. The van der Waals surface area contributed by atoms with Gasteiger partial charge in [-0.25, -0.2) is 4.79 Å². The fraction of sp³-hybridized carbons (Fsp3) is 0.857. The smallest absolute Gasteiger partial charge is 0.243 e. The van der Waals surface area contributed by atoms with Gasteiger partial charge in [0.15, 0.2) is 0 Å². The van der Waals surface area contributed by atoms with Crippen LogP contribution in [0.5, 0.6) is 0 Å². The second-order valence-corrected chi connectivity index (χ2v) is 6.19. The molecule has 0 unspecified atom stereocenters. The summed E-state index contributed by atoms with van der Waals surface area (Å²) in [5.74, 6) is 2.50. The van der Waals surface area contributed by atoms with E-state index >= 15 is 0 Å². The summed E-state index contributed by atoms with van der Waals surface area (Å²) in [5.41, 5.74) is 0.343. The van der Waals surface area contributed by atoms with Gasteiger partial charge < -0.3 is 0 Å². The Bertz CT molecular complexity index is 283. The maximum atomic E-state index is 12.0. The Balaban J connectivity index is 1.90. The van der Waals surface area contributed by atoms with E-state index in [0.29, 0.717) is 17.1 Å². The number of ketones is 1. The van der Waals surface area contributed by atoms with Gasteiger partial charge in [0.05, 0.1) is 5.92 Å². The Morgan fingerprint density at radius 2 is 2.07 bits per heavy atom. The Hall–Kier alpha value is -0.460. The first kappa shape index (κ1) is 9.74. The first-order valence-corrected chi connectivity index (χ1v) is 6.58. The normalized spacial score (nSPS) is 49.4. The Morgan fingerprint density at radius 3 is 2.93 bits per heavy atom. The van der Waals surface area contributed by atoms with E-state index in [0.717, 1.165) is 18.3 Å². The largest absolute Gasteiger partial charge is 0.310 e. The SMILES string of the molecule is C[C@@]12C[CH+]C(=O)[C@@H]1[C@@H]1CCCC[C@H]1CC2. The van der Waals surface area contributed by atoms with Crippen molar-refractivity contribution in [2.24, 2.45) is 23.2 Å². The molecule has 0 N–H and O–H groups in total. The molecule has 0 heterocycles. The lowest BCUT2D eigenvalue weighted by atomic mass is 9.57. The number of Topliss-reactive ketones (excluding diaryl/α,β-unsaturated/α-hetero) is 1. The molecule has 82 valence electrons. The molecule has 0 radical (unpaired) electrons. The number of hydrogen-bond donors (Lipinski definition) is 0. The first-order valence-electron chi connectivity index (χ1n) is 6.58. The zero-order valence-electron chi connectivity index (χ0n) is 9.67. The number of carbonyl (C=O) groups excluding carboxylic acids is 1. The molecule has 0 bridgehead atoms. The van der Waals surface area contributed by atoms with Crippen molar-refractivity contribution in [1.29, 1.82) is 0 Å². The molecular weight excluding hydrogens is 184 g/mol. The summed E-state index contributed by atoms with van der Waals surface area (Å²) in [7, 11) is 0. The van der Waals surface area contributed by atoms with E-state index in [1.807, 2.05) is 6.42 Å². The summed E-state index contributed by atoms with van der Waals surface area (Å²) in [4.78, 5) is 12.0. The number of rotatable bonds is 0. The lowest BCUT2D eigenvalue weighted by Gasteiger charge is -2.45. The van der Waals surface area contributed by atoms with Crippen LogP contribution in [0.3, 0.4) is 0 Å². The molecule has 0 aliphatic heterocycles.